The summed E-state index contributed by atoms with van der Waals surface area (Å²) in [7, 11) is 0. The Hall–Kier alpha value is -3.81. The minimum Gasteiger partial charge on any atom is -0.361 e. The predicted molar refractivity (Wildman–Crippen MR) is 106 cm³/mol. The normalized spacial score (nSPS) is 17.3. The fourth-order valence-electron chi connectivity index (χ4n) is 3.28. The van der Waals surface area contributed by atoms with Crippen molar-refractivity contribution in [1.82, 2.24) is 10.3 Å². The number of hydrogen-bond donors (Lipinski definition) is 2. The van der Waals surface area contributed by atoms with Crippen molar-refractivity contribution in [1.29, 1.82) is 0 Å². The number of barbiturate groups is 1. The number of imide groups is 2. The number of hydrogen-bond acceptors (Lipinski definition) is 4. The summed E-state index contributed by atoms with van der Waals surface area (Å²) >= 11 is 0. The molecule has 7 nitrogen and oxygen atoms in total. The fourth-order valence-corrected chi connectivity index (χ4v) is 3.28. The van der Waals surface area contributed by atoms with Crippen molar-refractivity contribution < 1.29 is 18.8 Å². The number of benzene rings is 2. The molecule has 1 atom stereocenters. The van der Waals surface area contributed by atoms with Crippen molar-refractivity contribution in [3.63, 3.8) is 0 Å². The van der Waals surface area contributed by atoms with Crippen LogP contribution in [0.5, 0.6) is 0 Å². The molecule has 0 aliphatic carbocycles. The summed E-state index contributed by atoms with van der Waals surface area (Å²) < 4.78 is 13.5. The van der Waals surface area contributed by atoms with Crippen molar-refractivity contribution in [2.24, 2.45) is 10.9 Å². The minimum absolute atomic E-state index is 0.0530. The molecule has 1 aromatic heterocycles. The van der Waals surface area contributed by atoms with Crippen LogP contribution < -0.4 is 10.2 Å². The highest BCUT2D eigenvalue weighted by Gasteiger charge is 2.40. The maximum Gasteiger partial charge on any atom is 0.335 e. The number of fused-ring (bicyclic) bond motifs is 1. The smallest absolute Gasteiger partial charge is 0.335 e. The van der Waals surface area contributed by atoms with Crippen LogP contribution in [0.2, 0.25) is 0 Å². The molecule has 8 heteroatoms. The quantitative estimate of drug-likeness (QED) is 0.516. The molecule has 1 fully saturated rings. The molecule has 2 aromatic carbocycles. The molecule has 4 rings (SSSR count). The van der Waals surface area contributed by atoms with Crippen LogP contribution in [0.3, 0.4) is 0 Å². The van der Waals surface area contributed by atoms with Crippen molar-refractivity contribution >= 4 is 40.7 Å². The second-order valence-corrected chi connectivity index (χ2v) is 6.59. The standard InChI is InChI=1S/C21H17FN4O3/c22-14-4-3-5-15(10-14)26-20(28)17(19(27)25-21(26)29)12-23-9-8-13-11-24-18-7-2-1-6-16(13)18/h1-7,10-12,17,24H,8-9H2,(H,25,27,29). The lowest BCUT2D eigenvalue weighted by molar-refractivity contribution is -0.131. The Labute approximate surface area is 165 Å². The Morgan fingerprint density at radius 3 is 2.76 bits per heavy atom. The molecular weight excluding hydrogens is 375 g/mol. The molecule has 29 heavy (non-hydrogen) atoms. The number of halogens is 1. The number of aromatic amines is 1. The molecule has 2 heterocycles. The topological polar surface area (TPSA) is 94.6 Å². The molecule has 0 spiro atoms. The molecule has 3 aromatic rings. The number of anilines is 1. The van der Waals surface area contributed by atoms with Gasteiger partial charge in [0.25, 0.3) is 5.91 Å². The molecule has 146 valence electrons. The first-order valence-corrected chi connectivity index (χ1v) is 9.04. The second-order valence-electron chi connectivity index (χ2n) is 6.59. The van der Waals surface area contributed by atoms with Gasteiger partial charge in [0.1, 0.15) is 5.82 Å². The Morgan fingerprint density at radius 1 is 1.10 bits per heavy atom. The van der Waals surface area contributed by atoms with Gasteiger partial charge < -0.3 is 4.98 Å². The first-order valence-electron chi connectivity index (χ1n) is 9.04. The number of nitrogens with zero attached hydrogens (tertiary/aromatic N) is 2. The first-order chi connectivity index (χ1) is 14.0. The number of carbonyl (C=O) groups is 3. The van der Waals surface area contributed by atoms with E-state index in [-0.39, 0.29) is 5.69 Å². The number of nitrogens with one attached hydrogen (secondary N) is 2. The van der Waals surface area contributed by atoms with E-state index in [1.807, 2.05) is 30.5 Å². The highest BCUT2D eigenvalue weighted by molar-refractivity contribution is 6.32. The summed E-state index contributed by atoms with van der Waals surface area (Å²) in [6, 6.07) is 12.0. The third kappa shape index (κ3) is 3.64. The average molecular weight is 392 g/mol. The minimum atomic E-state index is -1.25. The maximum absolute atomic E-state index is 13.5. The van der Waals surface area contributed by atoms with Crippen LogP contribution in [-0.2, 0) is 16.0 Å². The molecule has 0 saturated carbocycles. The summed E-state index contributed by atoms with van der Waals surface area (Å²) in [5.41, 5.74) is 2.16. The Morgan fingerprint density at radius 2 is 1.93 bits per heavy atom. The molecule has 1 unspecified atom stereocenters. The summed E-state index contributed by atoms with van der Waals surface area (Å²) in [5.74, 6) is -3.36. The van der Waals surface area contributed by atoms with Gasteiger partial charge in [-0.3, -0.25) is 19.9 Å². The van der Waals surface area contributed by atoms with Gasteiger partial charge >= 0.3 is 6.03 Å². The van der Waals surface area contributed by atoms with Crippen molar-refractivity contribution in [2.75, 3.05) is 11.4 Å². The lowest BCUT2D eigenvalue weighted by Gasteiger charge is -2.28. The van der Waals surface area contributed by atoms with E-state index >= 15 is 0 Å². The fraction of sp³-hybridized carbons (Fsp3) is 0.143. The van der Waals surface area contributed by atoms with Gasteiger partial charge in [-0.05, 0) is 36.2 Å². The monoisotopic (exact) mass is 392 g/mol. The predicted octanol–water partition coefficient (Wildman–Crippen LogP) is 2.82. The molecule has 4 amide bonds. The van der Waals surface area contributed by atoms with Crippen LogP contribution in [0.15, 0.2) is 59.7 Å². The van der Waals surface area contributed by atoms with E-state index in [1.54, 1.807) is 0 Å². The zero-order valence-electron chi connectivity index (χ0n) is 15.3. The van der Waals surface area contributed by atoms with E-state index < -0.39 is 29.6 Å². The van der Waals surface area contributed by atoms with E-state index in [9.17, 15) is 18.8 Å². The maximum atomic E-state index is 13.5. The summed E-state index contributed by atoms with van der Waals surface area (Å²) in [6.45, 7) is 0.368. The number of carbonyl (C=O) groups excluding carboxylic acids is 3. The molecule has 1 aliphatic rings. The second kappa shape index (κ2) is 7.67. The number of rotatable bonds is 5. The Bertz CT molecular complexity index is 1140. The molecule has 2 N–H and O–H groups in total. The van der Waals surface area contributed by atoms with E-state index in [0.717, 1.165) is 27.4 Å². The summed E-state index contributed by atoms with van der Waals surface area (Å²) in [4.78, 5) is 45.0. The molecular formula is C21H17FN4O3. The first kappa shape index (κ1) is 18.5. The number of para-hydroxylation sites is 1. The molecule has 1 saturated heterocycles. The summed E-state index contributed by atoms with van der Waals surface area (Å²) in [6.07, 6.45) is 3.77. The van der Waals surface area contributed by atoms with E-state index in [1.165, 1.54) is 24.4 Å². The lowest BCUT2D eigenvalue weighted by atomic mass is 10.1. The third-order valence-electron chi connectivity index (χ3n) is 4.71. The van der Waals surface area contributed by atoms with Crippen LogP contribution in [-0.4, -0.2) is 35.6 Å². The van der Waals surface area contributed by atoms with Gasteiger partial charge in [0.05, 0.1) is 5.69 Å². The largest absolute Gasteiger partial charge is 0.361 e. The molecule has 1 aliphatic heterocycles. The van der Waals surface area contributed by atoms with Gasteiger partial charge in [-0.2, -0.15) is 0 Å². The highest BCUT2D eigenvalue weighted by Crippen LogP contribution is 2.21. The SMILES string of the molecule is O=C1NC(=O)N(c2cccc(F)c2)C(=O)C1C=NCCc1c[nH]c2ccccc12. The third-order valence-corrected chi connectivity index (χ3v) is 4.71. The van der Waals surface area contributed by atoms with Gasteiger partial charge in [-0.1, -0.05) is 24.3 Å². The van der Waals surface area contributed by atoms with Gasteiger partial charge in [0.15, 0.2) is 5.92 Å². The van der Waals surface area contributed by atoms with Crippen molar-refractivity contribution in [3.8, 4) is 0 Å². The lowest BCUT2D eigenvalue weighted by Crippen LogP contribution is -2.58. The van der Waals surface area contributed by atoms with E-state index in [2.05, 4.69) is 15.3 Å². The van der Waals surface area contributed by atoms with Crippen molar-refractivity contribution in [2.45, 2.75) is 6.42 Å². The van der Waals surface area contributed by atoms with E-state index in [0.29, 0.717) is 13.0 Å². The number of H-pyrrole nitrogens is 1. The van der Waals surface area contributed by atoms with Crippen LogP contribution in [0.4, 0.5) is 14.9 Å². The van der Waals surface area contributed by atoms with Crippen molar-refractivity contribution in [3.05, 3.63) is 66.1 Å². The van der Waals surface area contributed by atoms with Crippen LogP contribution >= 0.6 is 0 Å². The van der Waals surface area contributed by atoms with Crippen LogP contribution in [0.25, 0.3) is 10.9 Å². The van der Waals surface area contributed by atoms with Gasteiger partial charge in [-0.25, -0.2) is 14.1 Å². The molecule has 0 bridgehead atoms. The Kier molecular flexibility index (Phi) is 4.90. The van der Waals surface area contributed by atoms with Crippen LogP contribution in [0.1, 0.15) is 5.56 Å². The van der Waals surface area contributed by atoms with Gasteiger partial charge in [0, 0.05) is 29.9 Å². The number of aliphatic imine (C=N–C) groups is 1. The number of aromatic nitrogens is 1. The van der Waals surface area contributed by atoms with E-state index in [4.69, 9.17) is 0 Å². The average Bonchev–Trinajstić information content (AvgIpc) is 3.10. The summed E-state index contributed by atoms with van der Waals surface area (Å²) in [5, 5.41) is 3.21. The number of urea groups is 1. The Balaban J connectivity index is 1.47. The highest BCUT2D eigenvalue weighted by atomic mass is 19.1. The number of amides is 4. The molecule has 0 radical (unpaired) electrons. The zero-order valence-corrected chi connectivity index (χ0v) is 15.3. The zero-order chi connectivity index (χ0) is 20.4. The van der Waals surface area contributed by atoms with Gasteiger partial charge in [-0.15, -0.1) is 0 Å². The van der Waals surface area contributed by atoms with Gasteiger partial charge in [0.2, 0.25) is 5.91 Å². The van der Waals surface area contributed by atoms with Crippen LogP contribution in [0, 0.1) is 11.7 Å².